The predicted octanol–water partition coefficient (Wildman–Crippen LogP) is 4.48. The van der Waals surface area contributed by atoms with Gasteiger partial charge >= 0.3 is 6.18 Å². The van der Waals surface area contributed by atoms with Crippen molar-refractivity contribution in [1.29, 1.82) is 0 Å². The minimum absolute atomic E-state index is 0.0410. The van der Waals surface area contributed by atoms with Crippen LogP contribution in [0.2, 0.25) is 0 Å². The second kappa shape index (κ2) is 5.54. The minimum atomic E-state index is -4.39. The molecule has 22 heavy (non-hydrogen) atoms. The Kier molecular flexibility index (Phi) is 3.85. The van der Waals surface area contributed by atoms with Gasteiger partial charge in [0, 0.05) is 17.6 Å². The molecule has 3 atom stereocenters. The zero-order valence-corrected chi connectivity index (χ0v) is 12.4. The normalized spacial score (nSPS) is 26.3. The molecule has 0 unspecified atom stereocenters. The number of fused-ring (bicyclic) bond motifs is 1. The molecule has 2 nitrogen and oxygen atoms in total. The topological polar surface area (TPSA) is 38.9 Å². The lowest BCUT2D eigenvalue weighted by Crippen LogP contribution is -2.31. The Balaban J connectivity index is 2.12. The zero-order valence-electron chi connectivity index (χ0n) is 12.4. The van der Waals surface area contributed by atoms with Crippen molar-refractivity contribution in [3.63, 3.8) is 0 Å². The summed E-state index contributed by atoms with van der Waals surface area (Å²) in [4.78, 5) is 3.99. The molecule has 1 saturated carbocycles. The first-order valence-electron chi connectivity index (χ1n) is 7.56. The van der Waals surface area contributed by atoms with Gasteiger partial charge in [-0.25, -0.2) is 0 Å². The van der Waals surface area contributed by atoms with Crippen molar-refractivity contribution in [3.05, 3.63) is 41.6 Å². The van der Waals surface area contributed by atoms with E-state index < -0.39 is 11.7 Å². The Labute approximate surface area is 127 Å². The van der Waals surface area contributed by atoms with Crippen molar-refractivity contribution in [2.75, 3.05) is 0 Å². The first-order valence-corrected chi connectivity index (χ1v) is 7.56. The molecule has 0 radical (unpaired) electrons. The summed E-state index contributed by atoms with van der Waals surface area (Å²) in [7, 11) is 0. The molecule has 1 fully saturated rings. The molecule has 0 aliphatic heterocycles. The van der Waals surface area contributed by atoms with Crippen LogP contribution in [0, 0.1) is 5.92 Å². The van der Waals surface area contributed by atoms with Gasteiger partial charge in [-0.2, -0.15) is 13.2 Å². The maximum absolute atomic E-state index is 13.2. The maximum Gasteiger partial charge on any atom is 0.418 e. The van der Waals surface area contributed by atoms with Crippen LogP contribution >= 0.6 is 0 Å². The lowest BCUT2D eigenvalue weighted by atomic mass is 9.75. The summed E-state index contributed by atoms with van der Waals surface area (Å²) in [5.41, 5.74) is 6.42. The number of hydrogen-bond acceptors (Lipinski definition) is 2. The quantitative estimate of drug-likeness (QED) is 0.843. The fourth-order valence-electron chi connectivity index (χ4n) is 3.69. The number of halogens is 3. The molecule has 1 aromatic carbocycles. The number of nitrogens with two attached hydrogens (primary N) is 1. The number of rotatable bonds is 1. The first kappa shape index (κ1) is 15.3. The van der Waals surface area contributed by atoms with Gasteiger partial charge in [0.15, 0.2) is 0 Å². The second-order valence-electron chi connectivity index (χ2n) is 6.37. The SMILES string of the molecule is C[C@H]1C[C@@H](N)C[C@H](c2ccc(C(F)(F)F)c3ncccc23)C1. The third-order valence-electron chi connectivity index (χ3n) is 4.53. The van der Waals surface area contributed by atoms with Crippen LogP contribution in [0.5, 0.6) is 0 Å². The van der Waals surface area contributed by atoms with E-state index >= 15 is 0 Å². The molecule has 1 aliphatic carbocycles. The number of hydrogen-bond donors (Lipinski definition) is 1. The molecule has 5 heteroatoms. The minimum Gasteiger partial charge on any atom is -0.328 e. The zero-order chi connectivity index (χ0) is 15.9. The van der Waals surface area contributed by atoms with Crippen molar-refractivity contribution in [1.82, 2.24) is 4.98 Å². The number of alkyl halides is 3. The maximum atomic E-state index is 13.2. The van der Waals surface area contributed by atoms with Gasteiger partial charge in [0.05, 0.1) is 11.1 Å². The Bertz CT molecular complexity index is 671. The standard InChI is InChI=1S/C17H19F3N2/c1-10-7-11(9-12(21)8-10)13-4-5-15(17(18,19)20)16-14(13)3-2-6-22-16/h2-6,10-12H,7-9,21H2,1H3/t10-,11-,12-/m1/s1. The van der Waals surface area contributed by atoms with Crippen LogP contribution in [-0.4, -0.2) is 11.0 Å². The van der Waals surface area contributed by atoms with Crippen LogP contribution in [0.15, 0.2) is 30.5 Å². The molecule has 1 heterocycles. The van der Waals surface area contributed by atoms with Crippen molar-refractivity contribution >= 4 is 10.9 Å². The van der Waals surface area contributed by atoms with Gasteiger partial charge in [0.2, 0.25) is 0 Å². The van der Waals surface area contributed by atoms with Gasteiger partial charge in [-0.15, -0.1) is 0 Å². The molecule has 118 valence electrons. The predicted molar refractivity (Wildman–Crippen MR) is 80.5 cm³/mol. The third kappa shape index (κ3) is 2.82. The highest BCUT2D eigenvalue weighted by molar-refractivity contribution is 5.86. The molecular formula is C17H19F3N2. The van der Waals surface area contributed by atoms with Crippen LogP contribution in [0.4, 0.5) is 13.2 Å². The number of nitrogens with zero attached hydrogens (tertiary/aromatic N) is 1. The van der Waals surface area contributed by atoms with E-state index in [0.29, 0.717) is 11.3 Å². The summed E-state index contributed by atoms with van der Waals surface area (Å²) >= 11 is 0. The summed E-state index contributed by atoms with van der Waals surface area (Å²) in [6, 6.07) is 6.32. The van der Waals surface area contributed by atoms with E-state index in [9.17, 15) is 13.2 Å². The molecule has 0 spiro atoms. The molecule has 3 rings (SSSR count). The largest absolute Gasteiger partial charge is 0.418 e. The summed E-state index contributed by atoms with van der Waals surface area (Å²) in [5, 5.41) is 0.601. The van der Waals surface area contributed by atoms with E-state index in [1.807, 2.05) is 0 Å². The van der Waals surface area contributed by atoms with Crippen LogP contribution in [0.25, 0.3) is 10.9 Å². The lowest BCUT2D eigenvalue weighted by Gasteiger charge is -2.32. The summed E-state index contributed by atoms with van der Waals surface area (Å²) in [5.74, 6) is 0.690. The lowest BCUT2D eigenvalue weighted by molar-refractivity contribution is -0.136. The van der Waals surface area contributed by atoms with Crippen molar-refractivity contribution in [3.8, 4) is 0 Å². The van der Waals surface area contributed by atoms with Crippen LogP contribution in [-0.2, 0) is 6.18 Å². The van der Waals surface area contributed by atoms with Crippen LogP contribution in [0.3, 0.4) is 0 Å². The monoisotopic (exact) mass is 308 g/mol. The highest BCUT2D eigenvalue weighted by Gasteiger charge is 2.35. The van der Waals surface area contributed by atoms with Gasteiger partial charge < -0.3 is 5.73 Å². The van der Waals surface area contributed by atoms with Gasteiger partial charge in [0.25, 0.3) is 0 Å². The Hall–Kier alpha value is -1.62. The fourth-order valence-corrected chi connectivity index (χ4v) is 3.69. The van der Waals surface area contributed by atoms with Crippen LogP contribution in [0.1, 0.15) is 43.2 Å². The highest BCUT2D eigenvalue weighted by atomic mass is 19.4. The van der Waals surface area contributed by atoms with Gasteiger partial charge in [-0.05, 0) is 48.8 Å². The molecule has 1 aromatic heterocycles. The Morgan fingerprint density at radius 3 is 2.59 bits per heavy atom. The molecule has 1 aliphatic rings. The number of pyridine rings is 1. The van der Waals surface area contributed by atoms with E-state index in [2.05, 4.69) is 11.9 Å². The second-order valence-corrected chi connectivity index (χ2v) is 6.37. The third-order valence-corrected chi connectivity index (χ3v) is 4.53. The average molecular weight is 308 g/mol. The molecule has 0 saturated heterocycles. The summed E-state index contributed by atoms with van der Waals surface area (Å²) < 4.78 is 39.5. The molecule has 2 N–H and O–H groups in total. The van der Waals surface area contributed by atoms with Gasteiger partial charge in [-0.3, -0.25) is 4.98 Å². The highest BCUT2D eigenvalue weighted by Crippen LogP contribution is 2.41. The van der Waals surface area contributed by atoms with Gasteiger partial charge in [0.1, 0.15) is 0 Å². The number of benzene rings is 1. The Morgan fingerprint density at radius 2 is 1.91 bits per heavy atom. The van der Waals surface area contributed by atoms with Gasteiger partial charge in [-0.1, -0.05) is 19.1 Å². The number of aromatic nitrogens is 1. The molecular weight excluding hydrogens is 289 g/mol. The van der Waals surface area contributed by atoms with E-state index in [-0.39, 0.29) is 17.5 Å². The molecule has 0 bridgehead atoms. The van der Waals surface area contributed by atoms with Crippen molar-refractivity contribution in [2.45, 2.75) is 44.3 Å². The van der Waals surface area contributed by atoms with Crippen molar-refractivity contribution < 1.29 is 13.2 Å². The van der Waals surface area contributed by atoms with E-state index in [4.69, 9.17) is 5.73 Å². The van der Waals surface area contributed by atoms with E-state index in [1.54, 1.807) is 18.2 Å². The summed E-state index contributed by atoms with van der Waals surface area (Å²) in [6.45, 7) is 2.15. The van der Waals surface area contributed by atoms with Crippen molar-refractivity contribution in [2.24, 2.45) is 11.7 Å². The average Bonchev–Trinajstić information content (AvgIpc) is 2.44. The molecule has 2 aromatic rings. The van der Waals surface area contributed by atoms with Crippen LogP contribution < -0.4 is 5.73 Å². The fraction of sp³-hybridized carbons (Fsp3) is 0.471. The van der Waals surface area contributed by atoms with E-state index in [0.717, 1.165) is 30.9 Å². The van der Waals surface area contributed by atoms with E-state index in [1.165, 1.54) is 6.20 Å². The first-order chi connectivity index (χ1) is 10.4. The molecule has 0 amide bonds. The Morgan fingerprint density at radius 1 is 1.14 bits per heavy atom. The smallest absolute Gasteiger partial charge is 0.328 e. The summed E-state index contributed by atoms with van der Waals surface area (Å²) in [6.07, 6.45) is -0.214.